The summed E-state index contributed by atoms with van der Waals surface area (Å²) in [6.45, 7) is 4.49. The van der Waals surface area contributed by atoms with E-state index in [1.807, 2.05) is 18.2 Å². The minimum Gasteiger partial charge on any atom is -0.396 e. The van der Waals surface area contributed by atoms with E-state index in [-0.39, 0.29) is 12.5 Å². The molecule has 0 aliphatic heterocycles. The minimum absolute atomic E-state index is 0.178. The van der Waals surface area contributed by atoms with Crippen LogP contribution in [0.3, 0.4) is 0 Å². The lowest BCUT2D eigenvalue weighted by Gasteiger charge is -2.37. The second-order valence-corrected chi connectivity index (χ2v) is 8.69. The summed E-state index contributed by atoms with van der Waals surface area (Å²) in [6, 6.07) is 19.7. The molecule has 4 heteroatoms. The van der Waals surface area contributed by atoms with Gasteiger partial charge in [-0.05, 0) is 61.8 Å². The number of nitrogens with zero attached hydrogens (tertiary/aromatic N) is 2. The van der Waals surface area contributed by atoms with Crippen molar-refractivity contribution >= 4 is 5.91 Å². The van der Waals surface area contributed by atoms with Gasteiger partial charge in [0.1, 0.15) is 0 Å². The van der Waals surface area contributed by atoms with Gasteiger partial charge in [0.05, 0.1) is 0 Å². The fourth-order valence-electron chi connectivity index (χ4n) is 4.63. The Morgan fingerprint density at radius 2 is 1.57 bits per heavy atom. The first-order chi connectivity index (χ1) is 14.6. The number of aliphatic hydroxyl groups excluding tert-OH is 1. The van der Waals surface area contributed by atoms with Crippen molar-refractivity contribution in [3.63, 3.8) is 0 Å². The lowest BCUT2D eigenvalue weighted by Crippen LogP contribution is -2.40. The molecule has 0 radical (unpaired) electrons. The van der Waals surface area contributed by atoms with Gasteiger partial charge in [0.15, 0.2) is 0 Å². The molecule has 0 aromatic heterocycles. The zero-order valence-corrected chi connectivity index (χ0v) is 18.5. The molecule has 0 atom stereocenters. The van der Waals surface area contributed by atoms with E-state index in [1.54, 1.807) is 6.92 Å². The SMILES string of the molecule is CC(=O)N(Cc1ccccc1)C1CCC(c2ccc(CN(C)CCCO)cc2)CC1. The first kappa shape index (κ1) is 22.5. The Morgan fingerprint density at radius 3 is 2.17 bits per heavy atom. The summed E-state index contributed by atoms with van der Waals surface area (Å²) in [4.78, 5) is 16.6. The molecule has 0 spiro atoms. The van der Waals surface area contributed by atoms with Crippen molar-refractivity contribution in [3.05, 3.63) is 71.3 Å². The standard InChI is InChI=1S/C26H36N2O2/c1-21(30)28(20-22-7-4-3-5-8-22)26-15-13-25(14-16-26)24-11-9-23(10-12-24)19-27(2)17-6-18-29/h3-5,7-12,25-26,29H,6,13-20H2,1-2H3. The van der Waals surface area contributed by atoms with E-state index in [4.69, 9.17) is 5.11 Å². The molecule has 1 fully saturated rings. The van der Waals surface area contributed by atoms with Crippen molar-refractivity contribution in [2.75, 3.05) is 20.2 Å². The van der Waals surface area contributed by atoms with Crippen molar-refractivity contribution in [2.45, 2.75) is 64.1 Å². The molecule has 30 heavy (non-hydrogen) atoms. The number of carbonyl (C=O) groups is 1. The Labute approximate surface area is 181 Å². The molecular formula is C26H36N2O2. The lowest BCUT2D eigenvalue weighted by atomic mass is 9.81. The smallest absolute Gasteiger partial charge is 0.219 e. The largest absolute Gasteiger partial charge is 0.396 e. The van der Waals surface area contributed by atoms with E-state index in [1.165, 1.54) is 16.7 Å². The monoisotopic (exact) mass is 408 g/mol. The molecule has 1 aliphatic carbocycles. The topological polar surface area (TPSA) is 43.8 Å². The Balaban J connectivity index is 1.53. The third kappa shape index (κ3) is 6.41. The summed E-state index contributed by atoms with van der Waals surface area (Å²) in [5.41, 5.74) is 3.94. The van der Waals surface area contributed by atoms with Gasteiger partial charge in [0.25, 0.3) is 0 Å². The molecule has 0 bridgehead atoms. The summed E-state index contributed by atoms with van der Waals surface area (Å²) in [5, 5.41) is 8.97. The van der Waals surface area contributed by atoms with E-state index in [2.05, 4.69) is 53.2 Å². The van der Waals surface area contributed by atoms with Crippen LogP contribution in [0, 0.1) is 0 Å². The molecule has 0 heterocycles. The Hall–Kier alpha value is -2.17. The van der Waals surface area contributed by atoms with Crippen LogP contribution in [0.4, 0.5) is 0 Å². The van der Waals surface area contributed by atoms with Crippen LogP contribution >= 0.6 is 0 Å². The molecule has 4 nitrogen and oxygen atoms in total. The van der Waals surface area contributed by atoms with Crippen LogP contribution in [0.5, 0.6) is 0 Å². The normalized spacial score (nSPS) is 19.1. The maximum atomic E-state index is 12.3. The van der Waals surface area contributed by atoms with Gasteiger partial charge < -0.3 is 14.9 Å². The van der Waals surface area contributed by atoms with Gasteiger partial charge in [-0.2, -0.15) is 0 Å². The highest BCUT2D eigenvalue weighted by Crippen LogP contribution is 2.35. The zero-order valence-electron chi connectivity index (χ0n) is 18.5. The highest BCUT2D eigenvalue weighted by Gasteiger charge is 2.28. The third-order valence-electron chi connectivity index (χ3n) is 6.34. The highest BCUT2D eigenvalue weighted by molar-refractivity contribution is 5.73. The molecule has 162 valence electrons. The predicted octanol–water partition coefficient (Wildman–Crippen LogP) is 4.58. The van der Waals surface area contributed by atoms with Crippen molar-refractivity contribution in [3.8, 4) is 0 Å². The highest BCUT2D eigenvalue weighted by atomic mass is 16.3. The van der Waals surface area contributed by atoms with Crippen LogP contribution in [0.15, 0.2) is 54.6 Å². The van der Waals surface area contributed by atoms with Crippen molar-refractivity contribution in [2.24, 2.45) is 0 Å². The lowest BCUT2D eigenvalue weighted by molar-refractivity contribution is -0.132. The fourth-order valence-corrected chi connectivity index (χ4v) is 4.63. The molecule has 2 aromatic rings. The summed E-state index contributed by atoms with van der Waals surface area (Å²) < 4.78 is 0. The third-order valence-corrected chi connectivity index (χ3v) is 6.34. The first-order valence-electron chi connectivity index (χ1n) is 11.3. The van der Waals surface area contributed by atoms with Gasteiger partial charge in [0, 0.05) is 39.2 Å². The molecule has 1 N–H and O–H groups in total. The van der Waals surface area contributed by atoms with Gasteiger partial charge in [-0.25, -0.2) is 0 Å². The Bertz CT molecular complexity index is 767. The zero-order chi connectivity index (χ0) is 21.3. The summed E-state index contributed by atoms with van der Waals surface area (Å²) in [6.07, 6.45) is 5.24. The number of aliphatic hydroxyl groups is 1. The molecule has 2 aromatic carbocycles. The average Bonchev–Trinajstić information content (AvgIpc) is 2.77. The number of hydrogen-bond donors (Lipinski definition) is 1. The quantitative estimate of drug-likeness (QED) is 0.661. The Morgan fingerprint density at radius 1 is 0.933 bits per heavy atom. The van der Waals surface area contributed by atoms with Crippen molar-refractivity contribution in [1.29, 1.82) is 0 Å². The number of carbonyl (C=O) groups excluding carboxylic acids is 1. The van der Waals surface area contributed by atoms with Gasteiger partial charge >= 0.3 is 0 Å². The van der Waals surface area contributed by atoms with Crippen LogP contribution in [-0.2, 0) is 17.9 Å². The van der Waals surface area contributed by atoms with Crippen LogP contribution in [0.25, 0.3) is 0 Å². The second kappa shape index (κ2) is 11.3. The molecule has 1 amide bonds. The molecule has 1 saturated carbocycles. The van der Waals surface area contributed by atoms with Crippen LogP contribution in [0.1, 0.15) is 61.6 Å². The summed E-state index contributed by atoms with van der Waals surface area (Å²) >= 11 is 0. The van der Waals surface area contributed by atoms with Gasteiger partial charge in [-0.3, -0.25) is 4.79 Å². The van der Waals surface area contributed by atoms with Gasteiger partial charge in [-0.15, -0.1) is 0 Å². The van der Waals surface area contributed by atoms with Crippen LogP contribution in [0.2, 0.25) is 0 Å². The number of amides is 1. The van der Waals surface area contributed by atoms with Crippen LogP contribution < -0.4 is 0 Å². The van der Waals surface area contributed by atoms with Crippen molar-refractivity contribution < 1.29 is 9.90 Å². The summed E-state index contributed by atoms with van der Waals surface area (Å²) in [5.74, 6) is 0.768. The fraction of sp³-hybridized carbons (Fsp3) is 0.500. The Kier molecular flexibility index (Phi) is 8.47. The number of rotatable bonds is 9. The molecule has 1 aliphatic rings. The maximum Gasteiger partial charge on any atom is 0.219 e. The second-order valence-electron chi connectivity index (χ2n) is 8.69. The van der Waals surface area contributed by atoms with Crippen molar-refractivity contribution in [1.82, 2.24) is 9.80 Å². The van der Waals surface area contributed by atoms with E-state index in [9.17, 15) is 4.79 Å². The van der Waals surface area contributed by atoms with Gasteiger partial charge in [0.2, 0.25) is 5.91 Å². The average molecular weight is 409 g/mol. The maximum absolute atomic E-state index is 12.3. The summed E-state index contributed by atoms with van der Waals surface area (Å²) in [7, 11) is 2.10. The minimum atomic E-state index is 0.178. The van der Waals surface area contributed by atoms with E-state index in [0.29, 0.717) is 18.5 Å². The van der Waals surface area contributed by atoms with Gasteiger partial charge in [-0.1, -0.05) is 54.6 Å². The molecule has 0 saturated heterocycles. The predicted molar refractivity (Wildman–Crippen MR) is 122 cm³/mol. The molecule has 0 unspecified atom stereocenters. The van der Waals surface area contributed by atoms with E-state index < -0.39 is 0 Å². The van der Waals surface area contributed by atoms with Crippen LogP contribution in [-0.4, -0.2) is 47.1 Å². The first-order valence-corrected chi connectivity index (χ1v) is 11.3. The molecular weight excluding hydrogens is 372 g/mol. The van der Waals surface area contributed by atoms with E-state index >= 15 is 0 Å². The number of hydrogen-bond acceptors (Lipinski definition) is 3. The van der Waals surface area contributed by atoms with E-state index in [0.717, 1.165) is 45.2 Å². The molecule has 3 rings (SSSR count). The number of benzene rings is 2.